The normalized spacial score (nSPS) is 19.8. The topological polar surface area (TPSA) is 73.1 Å². The zero-order chi connectivity index (χ0) is 18.8. The summed E-state index contributed by atoms with van der Waals surface area (Å²) in [5, 5.41) is 22.0. The van der Waals surface area contributed by atoms with Crippen LogP contribution < -0.4 is 4.74 Å². The summed E-state index contributed by atoms with van der Waals surface area (Å²) in [4.78, 5) is 0. The number of benzene rings is 1. The number of rotatable bonds is 4. The van der Waals surface area contributed by atoms with Gasteiger partial charge < -0.3 is 9.84 Å². The molecule has 1 aliphatic rings. The second-order valence-corrected chi connectivity index (χ2v) is 6.50. The molecule has 1 saturated carbocycles. The van der Waals surface area contributed by atoms with Crippen LogP contribution in [0.5, 0.6) is 11.6 Å². The van der Waals surface area contributed by atoms with Crippen LogP contribution in [0.2, 0.25) is 0 Å². The van der Waals surface area contributed by atoms with Crippen molar-refractivity contribution in [3.8, 4) is 28.6 Å². The number of phenolic OH excluding ortho intramolecular Hbond substituents is 1. The molecule has 0 bridgehead atoms. The Balaban J connectivity index is 1.51. The van der Waals surface area contributed by atoms with Gasteiger partial charge in [-0.15, -0.1) is 15.3 Å². The average molecular weight is 372 g/mol. The predicted molar refractivity (Wildman–Crippen MR) is 94.0 cm³/mol. The summed E-state index contributed by atoms with van der Waals surface area (Å²) in [6, 6.07) is 9.28. The number of hydrogen-bond donors (Lipinski definition) is 1. The first-order valence-corrected chi connectivity index (χ1v) is 8.79. The largest absolute Gasteiger partial charge is 0.507 e. The molecule has 2 heterocycles. The van der Waals surface area contributed by atoms with Gasteiger partial charge in [0, 0.05) is 30.0 Å². The lowest BCUT2D eigenvalue weighted by molar-refractivity contribution is 0.0594. The third kappa shape index (κ3) is 3.74. The van der Waals surface area contributed by atoms with Crippen molar-refractivity contribution in [1.82, 2.24) is 20.0 Å². The van der Waals surface area contributed by atoms with E-state index in [1.165, 1.54) is 23.0 Å². The third-order valence-corrected chi connectivity index (χ3v) is 4.61. The van der Waals surface area contributed by atoms with Crippen molar-refractivity contribution in [2.45, 2.75) is 38.0 Å². The van der Waals surface area contributed by atoms with Crippen LogP contribution in [0.4, 0.5) is 8.78 Å². The SMILES string of the molecule is Oc1cc(-n2ccc(F)n2)ccc1-c1ccc(O[C@H]2CCCC[C@H]2F)nn1. The molecule has 0 unspecified atom stereocenters. The third-order valence-electron chi connectivity index (χ3n) is 4.61. The van der Waals surface area contributed by atoms with Crippen molar-refractivity contribution in [3.63, 3.8) is 0 Å². The fourth-order valence-corrected chi connectivity index (χ4v) is 3.19. The zero-order valence-corrected chi connectivity index (χ0v) is 14.4. The molecule has 0 amide bonds. The van der Waals surface area contributed by atoms with Gasteiger partial charge in [-0.2, -0.15) is 4.39 Å². The lowest BCUT2D eigenvalue weighted by Crippen LogP contribution is -2.32. The van der Waals surface area contributed by atoms with Crippen molar-refractivity contribution in [2.75, 3.05) is 0 Å². The summed E-state index contributed by atoms with van der Waals surface area (Å²) in [6.07, 6.45) is 2.99. The highest BCUT2D eigenvalue weighted by molar-refractivity contribution is 5.68. The standard InChI is InChI=1S/C19H18F2N4O2/c20-14-3-1-2-4-17(14)27-19-8-7-15(22-23-19)13-6-5-12(11-16(13)26)25-10-9-18(21)24-25/h5-11,14,17,26H,1-4H2/t14-,17+/m1/s1. The molecule has 0 aliphatic heterocycles. The lowest BCUT2D eigenvalue weighted by atomic mass is 9.96. The number of aromatic hydroxyl groups is 1. The van der Waals surface area contributed by atoms with Gasteiger partial charge >= 0.3 is 0 Å². The number of alkyl halides is 1. The number of halogens is 2. The van der Waals surface area contributed by atoms with Gasteiger partial charge in [0.05, 0.1) is 11.4 Å². The number of ether oxygens (including phenoxy) is 1. The molecule has 8 heteroatoms. The van der Waals surface area contributed by atoms with E-state index < -0.39 is 18.2 Å². The van der Waals surface area contributed by atoms with Crippen LogP contribution in [0.1, 0.15) is 25.7 Å². The first kappa shape index (κ1) is 17.4. The van der Waals surface area contributed by atoms with E-state index in [9.17, 15) is 13.9 Å². The second kappa shape index (κ2) is 7.30. The number of aromatic nitrogens is 4. The Morgan fingerprint density at radius 3 is 2.59 bits per heavy atom. The maximum Gasteiger partial charge on any atom is 0.233 e. The lowest BCUT2D eigenvalue weighted by Gasteiger charge is -2.25. The maximum absolute atomic E-state index is 13.9. The predicted octanol–water partition coefficient (Wildman–Crippen LogP) is 3.83. The Bertz CT molecular complexity index is 930. The number of phenols is 1. The van der Waals surface area contributed by atoms with Gasteiger partial charge in [0.25, 0.3) is 0 Å². The van der Waals surface area contributed by atoms with E-state index >= 15 is 0 Å². The summed E-state index contributed by atoms with van der Waals surface area (Å²) in [6.45, 7) is 0. The Morgan fingerprint density at radius 1 is 1.07 bits per heavy atom. The minimum Gasteiger partial charge on any atom is -0.507 e. The zero-order valence-electron chi connectivity index (χ0n) is 14.4. The Kier molecular flexibility index (Phi) is 4.70. The van der Waals surface area contributed by atoms with Crippen LogP contribution >= 0.6 is 0 Å². The molecular formula is C19H18F2N4O2. The average Bonchev–Trinajstić information content (AvgIpc) is 3.11. The summed E-state index contributed by atoms with van der Waals surface area (Å²) in [5.41, 5.74) is 1.42. The Labute approximate surface area is 154 Å². The summed E-state index contributed by atoms with van der Waals surface area (Å²) in [7, 11) is 0. The fourth-order valence-electron chi connectivity index (χ4n) is 3.19. The van der Waals surface area contributed by atoms with E-state index in [4.69, 9.17) is 4.74 Å². The van der Waals surface area contributed by atoms with Crippen molar-refractivity contribution < 1.29 is 18.6 Å². The molecule has 1 aromatic carbocycles. The number of nitrogens with zero attached hydrogens (tertiary/aromatic N) is 4. The molecule has 3 aromatic rings. The smallest absolute Gasteiger partial charge is 0.233 e. The van der Waals surface area contributed by atoms with E-state index in [0.29, 0.717) is 29.8 Å². The van der Waals surface area contributed by atoms with Gasteiger partial charge in [-0.3, -0.25) is 0 Å². The molecular weight excluding hydrogens is 354 g/mol. The molecule has 0 radical (unpaired) electrons. The Morgan fingerprint density at radius 2 is 1.93 bits per heavy atom. The second-order valence-electron chi connectivity index (χ2n) is 6.50. The van der Waals surface area contributed by atoms with Crippen LogP contribution in [0.3, 0.4) is 0 Å². The monoisotopic (exact) mass is 372 g/mol. The molecule has 4 rings (SSSR count). The minimum absolute atomic E-state index is 0.0394. The quantitative estimate of drug-likeness (QED) is 0.753. The van der Waals surface area contributed by atoms with Crippen molar-refractivity contribution in [3.05, 3.63) is 48.5 Å². The van der Waals surface area contributed by atoms with E-state index in [-0.39, 0.29) is 11.6 Å². The molecule has 140 valence electrons. The molecule has 6 nitrogen and oxygen atoms in total. The van der Waals surface area contributed by atoms with Gasteiger partial charge in [-0.05, 0) is 37.5 Å². The van der Waals surface area contributed by atoms with E-state index in [2.05, 4.69) is 15.3 Å². The summed E-state index contributed by atoms with van der Waals surface area (Å²) < 4.78 is 33.8. The highest BCUT2D eigenvalue weighted by Crippen LogP contribution is 2.30. The minimum atomic E-state index is -0.982. The highest BCUT2D eigenvalue weighted by atomic mass is 19.1. The molecule has 27 heavy (non-hydrogen) atoms. The van der Waals surface area contributed by atoms with E-state index in [1.807, 2.05) is 0 Å². The van der Waals surface area contributed by atoms with Gasteiger partial charge in [-0.1, -0.05) is 6.42 Å². The molecule has 2 atom stereocenters. The van der Waals surface area contributed by atoms with E-state index in [0.717, 1.165) is 12.8 Å². The van der Waals surface area contributed by atoms with Crippen LogP contribution in [-0.4, -0.2) is 37.4 Å². The highest BCUT2D eigenvalue weighted by Gasteiger charge is 2.26. The van der Waals surface area contributed by atoms with E-state index in [1.54, 1.807) is 24.3 Å². The van der Waals surface area contributed by atoms with Crippen LogP contribution in [0.25, 0.3) is 16.9 Å². The van der Waals surface area contributed by atoms with Gasteiger partial charge in [0.15, 0.2) is 0 Å². The van der Waals surface area contributed by atoms with Gasteiger partial charge in [-0.25, -0.2) is 9.07 Å². The van der Waals surface area contributed by atoms with Gasteiger partial charge in [0.1, 0.15) is 18.0 Å². The first-order valence-electron chi connectivity index (χ1n) is 8.79. The Hall–Kier alpha value is -3.03. The molecule has 0 spiro atoms. The summed E-state index contributed by atoms with van der Waals surface area (Å²) in [5.74, 6) is -0.382. The van der Waals surface area contributed by atoms with Crippen molar-refractivity contribution in [1.29, 1.82) is 0 Å². The van der Waals surface area contributed by atoms with Crippen LogP contribution in [0, 0.1) is 5.95 Å². The van der Waals surface area contributed by atoms with Crippen molar-refractivity contribution in [2.24, 2.45) is 0 Å². The van der Waals surface area contributed by atoms with Crippen molar-refractivity contribution >= 4 is 0 Å². The molecule has 1 fully saturated rings. The summed E-state index contributed by atoms with van der Waals surface area (Å²) >= 11 is 0. The molecule has 0 saturated heterocycles. The number of hydrogen-bond acceptors (Lipinski definition) is 5. The molecule has 1 aliphatic carbocycles. The van der Waals surface area contributed by atoms with Crippen LogP contribution in [0.15, 0.2) is 42.6 Å². The maximum atomic E-state index is 13.9. The molecule has 1 N–H and O–H groups in total. The van der Waals surface area contributed by atoms with Crippen LogP contribution in [-0.2, 0) is 0 Å². The first-order chi connectivity index (χ1) is 13.1. The van der Waals surface area contributed by atoms with Gasteiger partial charge in [0.2, 0.25) is 11.8 Å². The fraction of sp³-hybridized carbons (Fsp3) is 0.316. The molecule has 2 aromatic heterocycles.